The summed E-state index contributed by atoms with van der Waals surface area (Å²) in [5, 5.41) is 13.3. The fraction of sp³-hybridized carbons (Fsp3) is 0.300. The van der Waals surface area contributed by atoms with E-state index in [0.29, 0.717) is 17.2 Å². The lowest BCUT2D eigenvalue weighted by Crippen LogP contribution is -2.17. The first-order valence-corrected chi connectivity index (χ1v) is 5.25. The summed E-state index contributed by atoms with van der Waals surface area (Å²) in [6.07, 6.45) is 2.27. The van der Waals surface area contributed by atoms with Crippen LogP contribution in [0.1, 0.15) is 23.1 Å². The van der Waals surface area contributed by atoms with Gasteiger partial charge in [0.25, 0.3) is 5.91 Å². The lowest BCUT2D eigenvalue weighted by atomic mass is 10.3. The molecule has 0 spiro atoms. The molecule has 0 radical (unpaired) electrons. The van der Waals surface area contributed by atoms with E-state index in [4.69, 9.17) is 5.73 Å². The Balaban J connectivity index is 2.17. The summed E-state index contributed by atoms with van der Waals surface area (Å²) in [5.41, 5.74) is 7.28. The van der Waals surface area contributed by atoms with Crippen LogP contribution in [0, 0.1) is 0 Å². The summed E-state index contributed by atoms with van der Waals surface area (Å²) in [5.74, 6) is 0.157. The third-order valence-corrected chi connectivity index (χ3v) is 2.44. The number of amides is 1. The summed E-state index contributed by atoms with van der Waals surface area (Å²) in [7, 11) is 1.66. The van der Waals surface area contributed by atoms with Crippen molar-refractivity contribution in [2.75, 3.05) is 11.1 Å². The molecule has 7 heteroatoms. The molecule has 0 aliphatic rings. The lowest BCUT2D eigenvalue weighted by molar-refractivity contribution is 0.101. The van der Waals surface area contributed by atoms with E-state index in [0.717, 1.165) is 12.1 Å². The van der Waals surface area contributed by atoms with Gasteiger partial charge in [-0.3, -0.25) is 14.6 Å². The van der Waals surface area contributed by atoms with Crippen LogP contribution in [-0.4, -0.2) is 25.9 Å². The van der Waals surface area contributed by atoms with Crippen molar-refractivity contribution in [1.29, 1.82) is 0 Å². The first-order chi connectivity index (χ1) is 8.11. The van der Waals surface area contributed by atoms with Crippen LogP contribution in [0.2, 0.25) is 0 Å². The molecule has 0 fully saturated rings. The third-order valence-electron chi connectivity index (χ3n) is 2.44. The standard InChI is InChI=1S/C10H14N6O/c1-3-6-4-8(15-14-6)13-10(17)9-7(11)5-12-16(9)2/h4-5H,3,11H2,1-2H3,(H2,13,14,15,17). The van der Waals surface area contributed by atoms with Gasteiger partial charge in [0.1, 0.15) is 5.69 Å². The number of nitrogens with one attached hydrogen (secondary N) is 2. The highest BCUT2D eigenvalue weighted by atomic mass is 16.2. The largest absolute Gasteiger partial charge is 0.396 e. The zero-order valence-corrected chi connectivity index (χ0v) is 9.69. The molecule has 2 rings (SSSR count). The van der Waals surface area contributed by atoms with Crippen LogP contribution in [0.15, 0.2) is 12.3 Å². The molecule has 1 amide bonds. The topological polar surface area (TPSA) is 102 Å². The molecule has 0 aliphatic heterocycles. The van der Waals surface area contributed by atoms with E-state index in [9.17, 15) is 4.79 Å². The number of aromatic nitrogens is 4. The molecule has 0 bridgehead atoms. The van der Waals surface area contributed by atoms with Crippen molar-refractivity contribution >= 4 is 17.4 Å². The maximum atomic E-state index is 11.9. The first kappa shape index (κ1) is 11.2. The van der Waals surface area contributed by atoms with Gasteiger partial charge in [-0.25, -0.2) is 0 Å². The third kappa shape index (κ3) is 2.12. The van der Waals surface area contributed by atoms with Crippen molar-refractivity contribution in [3.05, 3.63) is 23.7 Å². The van der Waals surface area contributed by atoms with Gasteiger partial charge in [-0.05, 0) is 6.42 Å². The highest BCUT2D eigenvalue weighted by Gasteiger charge is 2.15. The second-order valence-corrected chi connectivity index (χ2v) is 3.66. The van der Waals surface area contributed by atoms with Crippen LogP contribution in [0.3, 0.4) is 0 Å². The van der Waals surface area contributed by atoms with E-state index in [-0.39, 0.29) is 5.91 Å². The average molecular weight is 234 g/mol. The molecular weight excluding hydrogens is 220 g/mol. The SMILES string of the molecule is CCc1cc(NC(=O)c2c(N)cnn2C)n[nH]1. The van der Waals surface area contributed by atoms with Gasteiger partial charge in [-0.2, -0.15) is 10.2 Å². The Labute approximate surface area is 98.0 Å². The summed E-state index contributed by atoms with van der Waals surface area (Å²) in [6, 6.07) is 1.78. The van der Waals surface area contributed by atoms with E-state index in [1.54, 1.807) is 13.1 Å². The normalized spacial score (nSPS) is 10.5. The fourth-order valence-corrected chi connectivity index (χ4v) is 1.51. The van der Waals surface area contributed by atoms with Gasteiger partial charge >= 0.3 is 0 Å². The molecule has 2 heterocycles. The first-order valence-electron chi connectivity index (χ1n) is 5.25. The average Bonchev–Trinajstić information content (AvgIpc) is 2.86. The highest BCUT2D eigenvalue weighted by Crippen LogP contribution is 2.12. The number of aromatic amines is 1. The smallest absolute Gasteiger partial charge is 0.277 e. The van der Waals surface area contributed by atoms with Crippen molar-refractivity contribution in [3.8, 4) is 0 Å². The van der Waals surface area contributed by atoms with Gasteiger partial charge in [0.2, 0.25) is 0 Å². The van der Waals surface area contributed by atoms with Crippen molar-refractivity contribution in [2.45, 2.75) is 13.3 Å². The lowest BCUT2D eigenvalue weighted by Gasteiger charge is -2.02. The maximum absolute atomic E-state index is 11.9. The number of H-pyrrole nitrogens is 1. The minimum absolute atomic E-state index is 0.323. The van der Waals surface area contributed by atoms with E-state index >= 15 is 0 Å². The quantitative estimate of drug-likeness (QED) is 0.721. The minimum atomic E-state index is -0.323. The molecule has 4 N–H and O–H groups in total. The van der Waals surface area contributed by atoms with E-state index in [1.807, 2.05) is 6.92 Å². The van der Waals surface area contributed by atoms with Crippen LogP contribution < -0.4 is 11.1 Å². The van der Waals surface area contributed by atoms with Crippen LogP contribution in [0.5, 0.6) is 0 Å². The van der Waals surface area contributed by atoms with Gasteiger partial charge in [-0.1, -0.05) is 6.92 Å². The molecule has 0 aromatic carbocycles. The number of carbonyl (C=O) groups excluding carboxylic acids is 1. The Morgan fingerprint density at radius 3 is 2.94 bits per heavy atom. The number of nitrogens with two attached hydrogens (primary N) is 1. The molecular formula is C10H14N6O. The molecule has 2 aromatic rings. The fourth-order valence-electron chi connectivity index (χ4n) is 1.51. The van der Waals surface area contributed by atoms with Gasteiger partial charge < -0.3 is 11.1 Å². The predicted octanol–water partition coefficient (Wildman–Crippen LogP) is 0.540. The summed E-state index contributed by atoms with van der Waals surface area (Å²) >= 11 is 0. The van der Waals surface area contributed by atoms with E-state index in [1.165, 1.54) is 10.9 Å². The molecule has 7 nitrogen and oxygen atoms in total. The second-order valence-electron chi connectivity index (χ2n) is 3.66. The van der Waals surface area contributed by atoms with Crippen LogP contribution in [0.25, 0.3) is 0 Å². The van der Waals surface area contributed by atoms with Gasteiger partial charge in [-0.15, -0.1) is 0 Å². The number of carbonyl (C=O) groups is 1. The second kappa shape index (κ2) is 4.28. The number of aryl methyl sites for hydroxylation is 2. The molecule has 0 saturated heterocycles. The molecule has 0 saturated carbocycles. The summed E-state index contributed by atoms with van der Waals surface area (Å²) in [4.78, 5) is 11.9. The Kier molecular flexibility index (Phi) is 2.82. The molecule has 17 heavy (non-hydrogen) atoms. The minimum Gasteiger partial charge on any atom is -0.396 e. The van der Waals surface area contributed by atoms with E-state index < -0.39 is 0 Å². The number of hydrogen-bond donors (Lipinski definition) is 3. The molecule has 0 unspecified atom stereocenters. The monoisotopic (exact) mass is 234 g/mol. The number of nitrogen functional groups attached to an aromatic ring is 1. The molecule has 0 aliphatic carbocycles. The number of hydrogen-bond acceptors (Lipinski definition) is 4. The number of rotatable bonds is 3. The predicted molar refractivity (Wildman–Crippen MR) is 63.5 cm³/mol. The number of anilines is 2. The van der Waals surface area contributed by atoms with Gasteiger partial charge in [0.05, 0.1) is 11.9 Å². The Morgan fingerprint density at radius 1 is 1.65 bits per heavy atom. The Hall–Kier alpha value is -2.31. The molecule has 0 atom stereocenters. The summed E-state index contributed by atoms with van der Waals surface area (Å²) < 4.78 is 1.43. The van der Waals surface area contributed by atoms with Gasteiger partial charge in [0, 0.05) is 18.8 Å². The van der Waals surface area contributed by atoms with Crippen LogP contribution in [0.4, 0.5) is 11.5 Å². The summed E-state index contributed by atoms with van der Waals surface area (Å²) in [6.45, 7) is 2.00. The zero-order chi connectivity index (χ0) is 12.4. The Morgan fingerprint density at radius 2 is 2.41 bits per heavy atom. The van der Waals surface area contributed by atoms with Crippen LogP contribution in [-0.2, 0) is 13.5 Å². The Bertz CT molecular complexity index is 521. The zero-order valence-electron chi connectivity index (χ0n) is 9.69. The van der Waals surface area contributed by atoms with Crippen molar-refractivity contribution in [3.63, 3.8) is 0 Å². The van der Waals surface area contributed by atoms with Crippen molar-refractivity contribution in [1.82, 2.24) is 20.0 Å². The molecule has 2 aromatic heterocycles. The van der Waals surface area contributed by atoms with Crippen molar-refractivity contribution < 1.29 is 4.79 Å². The van der Waals surface area contributed by atoms with Crippen LogP contribution >= 0.6 is 0 Å². The van der Waals surface area contributed by atoms with Gasteiger partial charge in [0.15, 0.2) is 5.82 Å². The highest BCUT2D eigenvalue weighted by molar-refractivity contribution is 6.05. The van der Waals surface area contributed by atoms with E-state index in [2.05, 4.69) is 20.6 Å². The van der Waals surface area contributed by atoms with Crippen molar-refractivity contribution in [2.24, 2.45) is 7.05 Å². The maximum Gasteiger partial charge on any atom is 0.277 e. The molecule has 90 valence electrons. The number of nitrogens with zero attached hydrogens (tertiary/aromatic N) is 3.